The fraction of sp³-hybridized carbons (Fsp3) is 0.500. The van der Waals surface area contributed by atoms with Crippen molar-refractivity contribution in [1.29, 1.82) is 0 Å². The van der Waals surface area contributed by atoms with Gasteiger partial charge in [0.15, 0.2) is 0 Å². The summed E-state index contributed by atoms with van der Waals surface area (Å²) in [5, 5.41) is 7.59. The second-order valence-corrected chi connectivity index (χ2v) is 0.795. The smallest absolute Gasteiger partial charge is 0.318 e. The molecule has 0 saturated carbocycles. The predicted octanol–water partition coefficient (Wildman–Crippen LogP) is -0.0710. The zero-order valence-electron chi connectivity index (χ0n) is 3.44. The van der Waals surface area contributed by atoms with Crippen LogP contribution in [-0.4, -0.2) is 46.5 Å². The number of rotatable bonds is 1. The van der Waals surface area contributed by atoms with E-state index in [2.05, 4.69) is 0 Å². The summed E-state index contributed by atoms with van der Waals surface area (Å²) in [7, 11) is 0. The third kappa shape index (κ3) is 8.83. The van der Waals surface area contributed by atoms with Crippen molar-refractivity contribution in [3.63, 3.8) is 0 Å². The van der Waals surface area contributed by atoms with Crippen LogP contribution in [0.15, 0.2) is 0 Å². The summed E-state index contributed by atoms with van der Waals surface area (Å²) in [6.45, 7) is 0. The topological polar surface area (TPSA) is 37.3 Å². The summed E-state index contributed by atoms with van der Waals surface area (Å²) >= 11 is 4.74. The van der Waals surface area contributed by atoms with Gasteiger partial charge in [0.1, 0.15) is 5.88 Å². The number of carboxylic acid groups (broad SMARTS) is 1. The van der Waals surface area contributed by atoms with Gasteiger partial charge in [0.2, 0.25) is 0 Å². The number of alkyl halides is 1. The molecular formula is C2H3ClNaO2. The van der Waals surface area contributed by atoms with Gasteiger partial charge in [-0.15, -0.1) is 11.6 Å². The monoisotopic (exact) mass is 117 g/mol. The van der Waals surface area contributed by atoms with Crippen LogP contribution in [0.25, 0.3) is 0 Å². The standard InChI is InChI=1S/C2H3ClO2.Na/c3-1-2(4)5;/h1H2,(H,4,5);. The molecule has 6 heavy (non-hydrogen) atoms. The zero-order valence-corrected chi connectivity index (χ0v) is 6.20. The molecule has 0 rings (SSSR count). The Morgan fingerprint density at radius 3 is 2.00 bits per heavy atom. The van der Waals surface area contributed by atoms with Gasteiger partial charge >= 0.3 is 5.97 Å². The summed E-state index contributed by atoms with van der Waals surface area (Å²) in [4.78, 5) is 9.24. The Bertz CT molecular complexity index is 46.8. The van der Waals surface area contributed by atoms with Gasteiger partial charge in [-0.2, -0.15) is 0 Å². The van der Waals surface area contributed by atoms with Crippen LogP contribution in [0.2, 0.25) is 0 Å². The summed E-state index contributed by atoms with van der Waals surface area (Å²) in [6.07, 6.45) is 0. The van der Waals surface area contributed by atoms with Crippen LogP contribution in [0.1, 0.15) is 0 Å². The Labute approximate surface area is 62.8 Å². The van der Waals surface area contributed by atoms with Crippen LogP contribution < -0.4 is 0 Å². The van der Waals surface area contributed by atoms with Gasteiger partial charge in [0, 0.05) is 29.6 Å². The van der Waals surface area contributed by atoms with Crippen LogP contribution in [0.4, 0.5) is 0 Å². The van der Waals surface area contributed by atoms with Gasteiger partial charge in [-0.1, -0.05) is 0 Å². The Kier molecular flexibility index (Phi) is 9.50. The van der Waals surface area contributed by atoms with Crippen LogP contribution in [0.5, 0.6) is 0 Å². The molecule has 0 heterocycles. The second kappa shape index (κ2) is 5.76. The minimum atomic E-state index is -0.980. The maximum atomic E-state index is 9.24. The van der Waals surface area contributed by atoms with E-state index < -0.39 is 5.97 Å². The first-order valence-corrected chi connectivity index (χ1v) is 1.58. The predicted molar refractivity (Wildman–Crippen MR) is 24.1 cm³/mol. The molecule has 0 atom stereocenters. The van der Waals surface area contributed by atoms with Gasteiger partial charge < -0.3 is 5.11 Å². The van der Waals surface area contributed by atoms with Gasteiger partial charge in [-0.05, 0) is 0 Å². The van der Waals surface area contributed by atoms with E-state index in [1.165, 1.54) is 0 Å². The van der Waals surface area contributed by atoms with Crippen molar-refractivity contribution in [2.45, 2.75) is 0 Å². The van der Waals surface area contributed by atoms with Gasteiger partial charge in [-0.3, -0.25) is 4.79 Å². The molecule has 1 radical (unpaired) electrons. The van der Waals surface area contributed by atoms with Gasteiger partial charge in [0.25, 0.3) is 0 Å². The maximum Gasteiger partial charge on any atom is 0.318 e. The molecule has 0 aromatic rings. The van der Waals surface area contributed by atoms with E-state index in [1.54, 1.807) is 0 Å². The summed E-state index contributed by atoms with van der Waals surface area (Å²) in [6, 6.07) is 0. The van der Waals surface area contributed by atoms with E-state index in [1.807, 2.05) is 0 Å². The first kappa shape index (κ1) is 9.90. The second-order valence-electron chi connectivity index (χ2n) is 0.527. The van der Waals surface area contributed by atoms with Crippen molar-refractivity contribution in [3.05, 3.63) is 0 Å². The summed E-state index contributed by atoms with van der Waals surface area (Å²) in [5.41, 5.74) is 0. The van der Waals surface area contributed by atoms with Gasteiger partial charge in [-0.25, -0.2) is 0 Å². The van der Waals surface area contributed by atoms with Crippen LogP contribution >= 0.6 is 11.6 Å². The van der Waals surface area contributed by atoms with E-state index >= 15 is 0 Å². The van der Waals surface area contributed by atoms with Crippen molar-refractivity contribution < 1.29 is 9.90 Å². The number of carbonyl (C=O) groups is 1. The largest absolute Gasteiger partial charge is 0.480 e. The molecule has 0 aliphatic carbocycles. The molecule has 0 fully saturated rings. The Balaban J connectivity index is 0. The molecule has 0 spiro atoms. The van der Waals surface area contributed by atoms with Crippen molar-refractivity contribution >= 4 is 47.1 Å². The SMILES string of the molecule is O=C(O)CCl.[Na]. The first-order chi connectivity index (χ1) is 2.27. The molecule has 0 bridgehead atoms. The third-order valence-corrected chi connectivity index (χ3v) is 0.343. The van der Waals surface area contributed by atoms with Gasteiger partial charge in [0.05, 0.1) is 0 Å². The van der Waals surface area contributed by atoms with E-state index in [9.17, 15) is 4.79 Å². The number of hydrogen-bond donors (Lipinski definition) is 1. The van der Waals surface area contributed by atoms with Crippen molar-refractivity contribution in [3.8, 4) is 0 Å². The number of aliphatic carboxylic acids is 1. The van der Waals surface area contributed by atoms with Crippen LogP contribution in [0, 0.1) is 0 Å². The molecule has 0 amide bonds. The number of halogens is 1. The minimum Gasteiger partial charge on any atom is -0.480 e. The average molecular weight is 117 g/mol. The van der Waals surface area contributed by atoms with Crippen molar-refractivity contribution in [1.82, 2.24) is 0 Å². The minimum absolute atomic E-state index is 0. The molecule has 0 aliphatic rings. The van der Waals surface area contributed by atoms with Crippen molar-refractivity contribution in [2.24, 2.45) is 0 Å². The van der Waals surface area contributed by atoms with Crippen LogP contribution in [0.3, 0.4) is 0 Å². The molecule has 0 aliphatic heterocycles. The molecule has 2 nitrogen and oxygen atoms in total. The third-order valence-electron chi connectivity index (χ3n) is 0.114. The first-order valence-electron chi connectivity index (χ1n) is 1.05. The Morgan fingerprint density at radius 2 is 2.00 bits per heavy atom. The van der Waals surface area contributed by atoms with E-state index in [4.69, 9.17) is 16.7 Å². The zero-order chi connectivity index (χ0) is 4.28. The molecular weight excluding hydrogens is 114 g/mol. The summed E-state index contributed by atoms with van der Waals surface area (Å²) < 4.78 is 0. The number of carboxylic acids is 1. The molecule has 31 valence electrons. The molecule has 0 unspecified atom stereocenters. The van der Waals surface area contributed by atoms with E-state index in [0.29, 0.717) is 0 Å². The fourth-order valence-corrected chi connectivity index (χ4v) is 0. The molecule has 0 aromatic heterocycles. The molecule has 0 saturated heterocycles. The van der Waals surface area contributed by atoms with Crippen LogP contribution in [-0.2, 0) is 4.79 Å². The summed E-state index contributed by atoms with van der Waals surface area (Å²) in [5.74, 6) is -1.29. The Hall–Kier alpha value is 0.760. The quantitative estimate of drug-likeness (QED) is 0.386. The average Bonchev–Trinajstić information content (AvgIpc) is 1.38. The molecule has 4 heteroatoms. The Morgan fingerprint density at radius 1 is 1.83 bits per heavy atom. The van der Waals surface area contributed by atoms with E-state index in [0.717, 1.165) is 0 Å². The normalized spacial score (nSPS) is 6.17. The van der Waals surface area contributed by atoms with Crippen molar-refractivity contribution in [2.75, 3.05) is 5.88 Å². The molecule has 1 N–H and O–H groups in total. The van der Waals surface area contributed by atoms with E-state index in [-0.39, 0.29) is 35.4 Å². The number of hydrogen-bond acceptors (Lipinski definition) is 1. The molecule has 0 aromatic carbocycles. The maximum absolute atomic E-state index is 9.24. The fourth-order valence-electron chi connectivity index (χ4n) is 0.